The Kier molecular flexibility index (Phi) is 5.84. The van der Waals surface area contributed by atoms with Gasteiger partial charge in [-0.2, -0.15) is 0 Å². The standard InChI is InChI=1S/C24H21ClN2O5/c1-13-21(24(29)32-2)22(15-4-3-5-18(10-15)27(30)31)23-19(26-13)11-16(12-20(23)28)14-6-8-17(25)9-7-14/h3-10,16,22,26H,11-12H2,1-2H3/t16-,22+/m1/s1. The Hall–Kier alpha value is -3.45. The lowest BCUT2D eigenvalue weighted by Crippen LogP contribution is -2.36. The number of ether oxygens (including phenoxy) is 1. The van der Waals surface area contributed by atoms with Crippen LogP contribution in [0.4, 0.5) is 5.69 Å². The van der Waals surface area contributed by atoms with E-state index in [2.05, 4.69) is 5.32 Å². The molecule has 0 saturated carbocycles. The van der Waals surface area contributed by atoms with Crippen molar-refractivity contribution in [2.24, 2.45) is 0 Å². The minimum atomic E-state index is -0.739. The molecule has 0 bridgehead atoms. The molecule has 1 N–H and O–H groups in total. The molecule has 0 aromatic heterocycles. The summed E-state index contributed by atoms with van der Waals surface area (Å²) in [5.41, 5.74) is 3.44. The monoisotopic (exact) mass is 452 g/mol. The number of carbonyl (C=O) groups is 2. The minimum absolute atomic E-state index is 0.0377. The van der Waals surface area contributed by atoms with Gasteiger partial charge in [-0.15, -0.1) is 0 Å². The third-order valence-electron chi connectivity index (χ3n) is 5.99. The number of nitro groups is 1. The fourth-order valence-electron chi connectivity index (χ4n) is 4.54. The predicted octanol–water partition coefficient (Wildman–Crippen LogP) is 4.78. The number of hydrogen-bond donors (Lipinski definition) is 1. The highest BCUT2D eigenvalue weighted by Crippen LogP contribution is 2.46. The second kappa shape index (κ2) is 8.59. The third-order valence-corrected chi connectivity index (χ3v) is 6.24. The zero-order valence-electron chi connectivity index (χ0n) is 17.6. The number of hydrogen-bond acceptors (Lipinski definition) is 6. The maximum Gasteiger partial charge on any atom is 0.336 e. The summed E-state index contributed by atoms with van der Waals surface area (Å²) in [5.74, 6) is -1.46. The number of nitrogens with zero attached hydrogens (tertiary/aromatic N) is 1. The first kappa shape index (κ1) is 21.8. The van der Waals surface area contributed by atoms with Crippen LogP contribution in [0.3, 0.4) is 0 Å². The molecule has 2 aromatic rings. The predicted molar refractivity (Wildman–Crippen MR) is 119 cm³/mol. The van der Waals surface area contributed by atoms with Gasteiger partial charge in [0.15, 0.2) is 5.78 Å². The van der Waals surface area contributed by atoms with Crippen molar-refractivity contribution >= 4 is 29.0 Å². The molecule has 8 heteroatoms. The highest BCUT2D eigenvalue weighted by Gasteiger charge is 2.41. The number of nitrogens with one attached hydrogen (secondary N) is 1. The van der Waals surface area contributed by atoms with Crippen molar-refractivity contribution in [3.05, 3.63) is 97.3 Å². The molecule has 1 aliphatic heterocycles. The summed E-state index contributed by atoms with van der Waals surface area (Å²) in [5, 5.41) is 15.2. The van der Waals surface area contributed by atoms with E-state index in [1.807, 2.05) is 12.1 Å². The van der Waals surface area contributed by atoms with Crippen LogP contribution in [0.5, 0.6) is 0 Å². The number of dihydropyridines is 1. The Morgan fingerprint density at radius 3 is 2.53 bits per heavy atom. The Bertz CT molecular complexity index is 1180. The Balaban J connectivity index is 1.82. The van der Waals surface area contributed by atoms with Crippen molar-refractivity contribution in [1.82, 2.24) is 5.32 Å². The average molecular weight is 453 g/mol. The van der Waals surface area contributed by atoms with Gasteiger partial charge >= 0.3 is 5.97 Å². The molecule has 0 amide bonds. The van der Waals surface area contributed by atoms with Crippen LogP contribution in [-0.2, 0) is 14.3 Å². The van der Waals surface area contributed by atoms with E-state index < -0.39 is 16.8 Å². The molecule has 1 aliphatic carbocycles. The molecule has 32 heavy (non-hydrogen) atoms. The van der Waals surface area contributed by atoms with Gasteiger partial charge in [0.1, 0.15) is 0 Å². The van der Waals surface area contributed by atoms with E-state index in [1.54, 1.807) is 31.2 Å². The van der Waals surface area contributed by atoms with Crippen molar-refractivity contribution in [1.29, 1.82) is 0 Å². The van der Waals surface area contributed by atoms with Crippen molar-refractivity contribution in [3.63, 3.8) is 0 Å². The lowest BCUT2D eigenvalue weighted by molar-refractivity contribution is -0.384. The zero-order chi connectivity index (χ0) is 23.0. The van der Waals surface area contributed by atoms with Gasteiger partial charge in [0, 0.05) is 46.5 Å². The SMILES string of the molecule is COC(=O)C1=C(C)NC2=C(C(=O)C[C@H](c3ccc(Cl)cc3)C2)[C@H]1c1cccc([N+](=O)[O-])c1. The molecule has 0 saturated heterocycles. The van der Waals surface area contributed by atoms with E-state index in [0.29, 0.717) is 28.3 Å². The number of allylic oxidation sites excluding steroid dienone is 3. The first-order chi connectivity index (χ1) is 15.3. The maximum absolute atomic E-state index is 13.4. The second-order valence-corrected chi connectivity index (χ2v) is 8.35. The quantitative estimate of drug-likeness (QED) is 0.407. The van der Waals surface area contributed by atoms with Crippen LogP contribution in [0.1, 0.15) is 42.7 Å². The number of carbonyl (C=O) groups excluding carboxylic acids is 2. The molecule has 0 spiro atoms. The van der Waals surface area contributed by atoms with Gasteiger partial charge in [-0.25, -0.2) is 4.79 Å². The van der Waals surface area contributed by atoms with E-state index in [-0.39, 0.29) is 29.4 Å². The summed E-state index contributed by atoms with van der Waals surface area (Å²) in [6.45, 7) is 1.75. The summed E-state index contributed by atoms with van der Waals surface area (Å²) in [4.78, 5) is 36.9. The molecule has 164 valence electrons. The number of nitro benzene ring substituents is 1. The molecule has 2 atom stereocenters. The Morgan fingerprint density at radius 2 is 1.88 bits per heavy atom. The maximum atomic E-state index is 13.4. The number of halogens is 1. The van der Waals surface area contributed by atoms with Crippen LogP contribution >= 0.6 is 11.6 Å². The molecule has 2 aliphatic rings. The number of Topliss-reactive ketones (excluding diaryl/α,β-unsaturated/α-hetero) is 1. The van der Waals surface area contributed by atoms with Gasteiger partial charge in [-0.05, 0) is 42.5 Å². The Labute approximate surface area is 189 Å². The minimum Gasteiger partial charge on any atom is -0.466 e. The Morgan fingerprint density at radius 1 is 1.16 bits per heavy atom. The number of rotatable bonds is 4. The van der Waals surface area contributed by atoms with Crippen LogP contribution < -0.4 is 5.32 Å². The van der Waals surface area contributed by atoms with E-state index in [9.17, 15) is 19.7 Å². The summed E-state index contributed by atoms with van der Waals surface area (Å²) in [7, 11) is 1.27. The van der Waals surface area contributed by atoms with E-state index in [4.69, 9.17) is 16.3 Å². The van der Waals surface area contributed by atoms with Crippen LogP contribution in [-0.4, -0.2) is 23.8 Å². The first-order valence-electron chi connectivity index (χ1n) is 10.1. The summed E-state index contributed by atoms with van der Waals surface area (Å²) >= 11 is 6.00. The van der Waals surface area contributed by atoms with Crippen molar-refractivity contribution in [2.45, 2.75) is 31.6 Å². The van der Waals surface area contributed by atoms with Crippen molar-refractivity contribution in [2.75, 3.05) is 7.11 Å². The molecular weight excluding hydrogens is 432 g/mol. The fourth-order valence-corrected chi connectivity index (χ4v) is 4.67. The number of ketones is 1. The average Bonchev–Trinajstić information content (AvgIpc) is 2.78. The normalized spacial score (nSPS) is 20.5. The fraction of sp³-hybridized carbons (Fsp3) is 0.250. The zero-order valence-corrected chi connectivity index (χ0v) is 18.3. The van der Waals surface area contributed by atoms with Crippen molar-refractivity contribution in [3.8, 4) is 0 Å². The van der Waals surface area contributed by atoms with Crippen LogP contribution in [0.15, 0.2) is 71.1 Å². The molecular formula is C24H21ClN2O5. The van der Waals surface area contributed by atoms with Gasteiger partial charge in [0.05, 0.1) is 17.6 Å². The van der Waals surface area contributed by atoms with Gasteiger partial charge < -0.3 is 10.1 Å². The van der Waals surface area contributed by atoms with Crippen LogP contribution in [0.2, 0.25) is 5.02 Å². The summed E-state index contributed by atoms with van der Waals surface area (Å²) in [6, 6.07) is 13.5. The van der Waals surface area contributed by atoms with Gasteiger partial charge in [-0.1, -0.05) is 35.9 Å². The lowest BCUT2D eigenvalue weighted by Gasteiger charge is -2.36. The topological polar surface area (TPSA) is 98.5 Å². The van der Waals surface area contributed by atoms with Crippen molar-refractivity contribution < 1.29 is 19.2 Å². The molecule has 4 rings (SSSR count). The largest absolute Gasteiger partial charge is 0.466 e. The smallest absolute Gasteiger partial charge is 0.336 e. The molecule has 0 radical (unpaired) electrons. The summed E-state index contributed by atoms with van der Waals surface area (Å²) < 4.78 is 4.99. The van der Waals surface area contributed by atoms with Crippen LogP contribution in [0, 0.1) is 10.1 Å². The van der Waals surface area contributed by atoms with Gasteiger partial charge in [0.2, 0.25) is 0 Å². The highest BCUT2D eigenvalue weighted by molar-refractivity contribution is 6.30. The highest BCUT2D eigenvalue weighted by atomic mass is 35.5. The molecule has 0 unspecified atom stereocenters. The molecule has 2 aromatic carbocycles. The first-order valence-corrected chi connectivity index (χ1v) is 10.5. The van der Waals surface area contributed by atoms with Gasteiger partial charge in [0.25, 0.3) is 5.69 Å². The number of non-ortho nitro benzene ring substituents is 1. The molecule has 7 nitrogen and oxygen atoms in total. The third kappa shape index (κ3) is 3.91. The number of esters is 1. The number of methoxy groups -OCH3 is 1. The second-order valence-electron chi connectivity index (χ2n) is 7.91. The molecule has 1 heterocycles. The van der Waals surface area contributed by atoms with E-state index >= 15 is 0 Å². The lowest BCUT2D eigenvalue weighted by atomic mass is 9.71. The number of benzene rings is 2. The van der Waals surface area contributed by atoms with Crippen LogP contribution in [0.25, 0.3) is 0 Å². The van der Waals surface area contributed by atoms with E-state index in [0.717, 1.165) is 11.3 Å². The van der Waals surface area contributed by atoms with E-state index in [1.165, 1.54) is 19.2 Å². The summed E-state index contributed by atoms with van der Waals surface area (Å²) in [6.07, 6.45) is 0.834. The van der Waals surface area contributed by atoms with Gasteiger partial charge in [-0.3, -0.25) is 14.9 Å². The molecule has 0 fully saturated rings.